The lowest BCUT2D eigenvalue weighted by atomic mass is 9.94. The van der Waals surface area contributed by atoms with Crippen molar-refractivity contribution in [3.63, 3.8) is 0 Å². The minimum atomic E-state index is -2.23. The summed E-state index contributed by atoms with van der Waals surface area (Å²) in [6.07, 6.45) is -6.49. The molecule has 5 saturated heterocycles. The molecule has 0 radical (unpaired) electrons. The van der Waals surface area contributed by atoms with Crippen LogP contribution in [0.1, 0.15) is 226 Å². The van der Waals surface area contributed by atoms with Crippen LogP contribution in [0.3, 0.4) is 0 Å². The molecule has 0 aliphatic carbocycles. The Morgan fingerprint density at radius 1 is 0.382 bits per heavy atom. The fourth-order valence-electron chi connectivity index (χ4n) is 13.9. The second kappa shape index (κ2) is 50.4. The van der Waals surface area contributed by atoms with Crippen molar-refractivity contribution in [3.05, 3.63) is 12.2 Å². The lowest BCUT2D eigenvalue weighted by molar-refractivity contribution is -0.394. The highest BCUT2D eigenvalue weighted by atomic mass is 16.8. The second-order valence-electron chi connectivity index (χ2n) is 28.5. The number of hydrogen-bond donors (Lipinski definition) is 18. The van der Waals surface area contributed by atoms with E-state index in [0.29, 0.717) is 12.8 Å². The van der Waals surface area contributed by atoms with Gasteiger partial charge in [0, 0.05) is 13.3 Å². The summed E-state index contributed by atoms with van der Waals surface area (Å²) in [5.41, 5.74) is 0. The summed E-state index contributed by atoms with van der Waals surface area (Å²) in [6.45, 7) is 0.354. The molecule has 5 rings (SSSR count). The molecular formula is C72H132N2O28. The predicted octanol–water partition coefficient (Wildman–Crippen LogP) is 1.17. The van der Waals surface area contributed by atoms with Crippen LogP contribution < -0.4 is 10.6 Å². The van der Waals surface area contributed by atoms with E-state index < -0.39 is 211 Å². The fraction of sp³-hybridized carbons (Fsp3) is 0.944. The van der Waals surface area contributed by atoms with Crippen LogP contribution in [0.4, 0.5) is 0 Å². The first-order chi connectivity index (χ1) is 49.2. The molecule has 5 fully saturated rings. The van der Waals surface area contributed by atoms with Gasteiger partial charge in [0.05, 0.1) is 51.8 Å². The van der Waals surface area contributed by atoms with E-state index in [1.54, 1.807) is 6.08 Å². The molecule has 10 unspecified atom stereocenters. The van der Waals surface area contributed by atoms with E-state index in [4.69, 9.17) is 47.4 Å². The molecule has 30 nitrogen and oxygen atoms in total. The van der Waals surface area contributed by atoms with E-state index in [1.165, 1.54) is 135 Å². The molecule has 30 heteroatoms. The van der Waals surface area contributed by atoms with Crippen LogP contribution in [-0.4, -0.2) is 299 Å². The molecule has 0 aromatic rings. The van der Waals surface area contributed by atoms with E-state index >= 15 is 0 Å². The van der Waals surface area contributed by atoms with E-state index in [0.717, 1.165) is 58.3 Å². The van der Waals surface area contributed by atoms with Gasteiger partial charge in [0.15, 0.2) is 31.5 Å². The van der Waals surface area contributed by atoms with Gasteiger partial charge in [-0.1, -0.05) is 206 Å². The number of rotatable bonds is 52. The van der Waals surface area contributed by atoms with Gasteiger partial charge >= 0.3 is 0 Å². The molecule has 0 spiro atoms. The number of carbonyl (C=O) groups is 2. The third kappa shape index (κ3) is 29.2. The van der Waals surface area contributed by atoms with Crippen LogP contribution in [0.15, 0.2) is 12.2 Å². The molecule has 598 valence electrons. The molecule has 0 bridgehead atoms. The van der Waals surface area contributed by atoms with E-state index in [9.17, 15) is 91.3 Å². The maximum absolute atomic E-state index is 13.5. The van der Waals surface area contributed by atoms with Crippen molar-refractivity contribution in [3.8, 4) is 0 Å². The number of unbranched alkanes of at least 4 members (excludes halogenated alkanes) is 29. The molecule has 5 aliphatic heterocycles. The van der Waals surface area contributed by atoms with Crippen LogP contribution in [0.5, 0.6) is 0 Å². The maximum atomic E-state index is 13.5. The lowest BCUT2D eigenvalue weighted by Gasteiger charge is -2.50. The first kappa shape index (κ1) is 90.3. The van der Waals surface area contributed by atoms with Crippen LogP contribution in [0.2, 0.25) is 0 Å². The summed E-state index contributed by atoms with van der Waals surface area (Å²) in [7, 11) is 0. The summed E-state index contributed by atoms with van der Waals surface area (Å²) < 4.78 is 58.2. The molecule has 102 heavy (non-hydrogen) atoms. The maximum Gasteiger partial charge on any atom is 0.220 e. The Kier molecular flexibility index (Phi) is 44.6. The summed E-state index contributed by atoms with van der Waals surface area (Å²) in [5.74, 6) is -1.06. The summed E-state index contributed by atoms with van der Waals surface area (Å²) >= 11 is 0. The third-order valence-corrected chi connectivity index (χ3v) is 20.2. The first-order valence-corrected chi connectivity index (χ1v) is 38.5. The normalized spacial score (nSPS) is 35.2. The topological polar surface area (TPSA) is 474 Å². The number of ether oxygens (including phenoxy) is 10. The van der Waals surface area contributed by atoms with Crippen molar-refractivity contribution in [1.29, 1.82) is 0 Å². The van der Waals surface area contributed by atoms with E-state index in [1.807, 2.05) is 6.08 Å². The molecule has 27 atom stereocenters. The van der Waals surface area contributed by atoms with Crippen molar-refractivity contribution in [2.75, 3.05) is 39.6 Å². The van der Waals surface area contributed by atoms with Crippen molar-refractivity contribution < 1.29 is 139 Å². The Balaban J connectivity index is 1.18. The predicted molar refractivity (Wildman–Crippen MR) is 368 cm³/mol. The van der Waals surface area contributed by atoms with Gasteiger partial charge in [-0.2, -0.15) is 0 Å². The van der Waals surface area contributed by atoms with Crippen molar-refractivity contribution in [2.45, 2.75) is 392 Å². The highest BCUT2D eigenvalue weighted by Gasteiger charge is 2.57. The lowest BCUT2D eigenvalue weighted by Crippen LogP contribution is -2.69. The van der Waals surface area contributed by atoms with Crippen LogP contribution in [0.25, 0.3) is 0 Å². The highest BCUT2D eigenvalue weighted by molar-refractivity contribution is 5.76. The zero-order valence-electron chi connectivity index (χ0n) is 60.7. The van der Waals surface area contributed by atoms with Crippen LogP contribution in [0, 0.1) is 0 Å². The summed E-state index contributed by atoms with van der Waals surface area (Å²) in [4.78, 5) is 25.6. The van der Waals surface area contributed by atoms with Gasteiger partial charge in [0.1, 0.15) is 122 Å². The first-order valence-electron chi connectivity index (χ1n) is 38.5. The minimum Gasteiger partial charge on any atom is -0.394 e. The van der Waals surface area contributed by atoms with Gasteiger partial charge in [0.2, 0.25) is 11.8 Å². The largest absolute Gasteiger partial charge is 0.394 e. The highest BCUT2D eigenvalue weighted by Crippen LogP contribution is 2.37. The molecule has 0 saturated carbocycles. The van der Waals surface area contributed by atoms with E-state index in [-0.39, 0.29) is 12.3 Å². The third-order valence-electron chi connectivity index (χ3n) is 20.2. The number of amides is 2. The van der Waals surface area contributed by atoms with Gasteiger partial charge in [-0.25, -0.2) is 0 Å². The van der Waals surface area contributed by atoms with Crippen LogP contribution >= 0.6 is 0 Å². The second-order valence-corrected chi connectivity index (χ2v) is 28.5. The summed E-state index contributed by atoms with van der Waals surface area (Å²) in [6, 6.07) is -2.62. The molecule has 5 heterocycles. The summed E-state index contributed by atoms with van der Waals surface area (Å²) in [5, 5.41) is 182. The van der Waals surface area contributed by atoms with Crippen molar-refractivity contribution >= 4 is 11.8 Å². The minimum absolute atomic E-state index is 0.192. The molecular weight excluding hydrogens is 1340 g/mol. The molecule has 5 aliphatic rings. The molecule has 0 aromatic heterocycles. The Bertz CT molecular complexity index is 2220. The number of aliphatic hydroxyl groups is 16. The average Bonchev–Trinajstić information content (AvgIpc) is 0.779. The number of nitrogens with one attached hydrogen (secondary N) is 2. The SMILES string of the molecule is CCCCCCCCCCCCC/C=C/[C@@H](O)[C@H](CO[C@@H]1OC(CO)[C@@H](O[C@@H]2OC(CO)[C@H](O)[C@H](O[C@H]3OC(CO)[C@H](O)[C@H](O[C@H]4OC(CO)[C@H](O)[C@H](O[C@@H]5OC(CO)[C@H](O)[C@H](O)C5NC(C)=O)C4O)C3O)C2O)[C@H](O)C1O)NC(=O)CCCCCCCCCCCCCCCCCCCCC. The molecule has 0 aromatic carbocycles. The fourth-order valence-corrected chi connectivity index (χ4v) is 13.9. The smallest absolute Gasteiger partial charge is 0.220 e. The van der Waals surface area contributed by atoms with Gasteiger partial charge in [-0.05, 0) is 19.3 Å². The molecule has 2 amide bonds. The Labute approximate surface area is 602 Å². The van der Waals surface area contributed by atoms with Crippen molar-refractivity contribution in [2.24, 2.45) is 0 Å². The van der Waals surface area contributed by atoms with Crippen LogP contribution in [-0.2, 0) is 57.0 Å². The van der Waals surface area contributed by atoms with Gasteiger partial charge in [-0.15, -0.1) is 0 Å². The van der Waals surface area contributed by atoms with E-state index in [2.05, 4.69) is 24.5 Å². The van der Waals surface area contributed by atoms with Crippen molar-refractivity contribution in [1.82, 2.24) is 10.6 Å². The number of carbonyl (C=O) groups excluding carboxylic acids is 2. The number of aliphatic hydroxyl groups excluding tert-OH is 16. The average molecular weight is 1470 g/mol. The number of hydrogen-bond acceptors (Lipinski definition) is 28. The zero-order chi connectivity index (χ0) is 74.5. The Morgan fingerprint density at radius 2 is 0.716 bits per heavy atom. The van der Waals surface area contributed by atoms with Gasteiger partial charge < -0.3 is 140 Å². The monoisotopic (exact) mass is 1470 g/mol. The quantitative estimate of drug-likeness (QED) is 0.0300. The van der Waals surface area contributed by atoms with Gasteiger partial charge in [-0.3, -0.25) is 9.59 Å². The number of allylic oxidation sites excluding steroid dienone is 1. The zero-order valence-corrected chi connectivity index (χ0v) is 60.7. The molecule has 18 N–H and O–H groups in total. The standard InChI is InChI=1S/C72H132N2O28/c1-4-6-8-10-12-14-16-18-19-20-21-22-23-25-27-29-31-33-35-37-52(82)74-45(46(81)36-34-32-30-28-26-24-17-15-13-11-9-7-5-2)43-93-69-60(89)59(88)64(51(42-79)98-69)99-70-62(91)66(56(85)49(40-77)95-70)101-72-63(92)67(57(86)50(41-78)97-72)102-71-61(90)65(55(84)48(39-76)96-71)100-68-53(73-44(3)80)58(87)54(83)47(38-75)94-68/h34,36,45-51,53-72,75-79,81,83-92H,4-33,35,37-43H2,1-3H3,(H,73,80)(H,74,82)/b36-34+/t45-,46+,47?,48?,49?,50?,51?,53?,54-,55-,56-,57-,58+,59+,60?,61?,62?,63?,64+,65-,66-,67-,68-,69+,70-,71+,72+/m0/s1. The van der Waals surface area contributed by atoms with Gasteiger partial charge in [0.25, 0.3) is 0 Å². The Morgan fingerprint density at radius 3 is 1.10 bits per heavy atom. The Hall–Kier alpha value is -2.36.